The number of hydrogen-bond donors (Lipinski definition) is 1. The molecular weight excluding hydrogens is 380 g/mol. The molecule has 0 radical (unpaired) electrons. The monoisotopic (exact) mass is 410 g/mol. The molecule has 1 fully saturated rings. The van der Waals surface area contributed by atoms with Crippen LogP contribution in [0.5, 0.6) is 5.75 Å². The summed E-state index contributed by atoms with van der Waals surface area (Å²) in [5, 5.41) is 8.69. The van der Waals surface area contributed by atoms with Crippen LogP contribution in [0.2, 0.25) is 0 Å². The van der Waals surface area contributed by atoms with Crippen molar-refractivity contribution >= 4 is 23.1 Å². The molecule has 1 saturated heterocycles. The van der Waals surface area contributed by atoms with Crippen LogP contribution in [0, 0.1) is 0 Å². The predicted octanol–water partition coefficient (Wildman–Crippen LogP) is 4.52. The number of rotatable bonds is 9. The Morgan fingerprint density at radius 1 is 1.03 bits per heavy atom. The van der Waals surface area contributed by atoms with Crippen molar-refractivity contribution in [3.8, 4) is 5.75 Å². The van der Waals surface area contributed by atoms with Crippen molar-refractivity contribution in [2.45, 2.75) is 31.4 Å². The van der Waals surface area contributed by atoms with E-state index in [2.05, 4.69) is 27.2 Å². The second-order valence-corrected chi connectivity index (χ2v) is 8.09. The SMILES string of the molecule is NC(=NN=Cc1ccccc1OCCCN1CCCCC1)SCc1ccccc1. The lowest BCUT2D eigenvalue weighted by Crippen LogP contribution is -2.31. The molecule has 0 amide bonds. The molecule has 6 heteroatoms. The number of hydrogen-bond acceptors (Lipinski definition) is 5. The van der Waals surface area contributed by atoms with Crippen LogP contribution in [-0.2, 0) is 5.75 Å². The number of nitrogens with zero attached hydrogens (tertiary/aromatic N) is 3. The molecule has 0 spiro atoms. The minimum Gasteiger partial charge on any atom is -0.493 e. The molecule has 2 aromatic rings. The molecule has 0 aromatic heterocycles. The Kier molecular flexibility index (Phi) is 9.07. The summed E-state index contributed by atoms with van der Waals surface area (Å²) in [7, 11) is 0. The number of thioether (sulfide) groups is 1. The van der Waals surface area contributed by atoms with Crippen molar-refractivity contribution in [1.82, 2.24) is 4.90 Å². The van der Waals surface area contributed by atoms with Gasteiger partial charge in [0.05, 0.1) is 12.8 Å². The number of ether oxygens (including phenoxy) is 1. The van der Waals surface area contributed by atoms with Crippen LogP contribution in [0.15, 0.2) is 64.8 Å². The summed E-state index contributed by atoms with van der Waals surface area (Å²) >= 11 is 1.48. The van der Waals surface area contributed by atoms with Gasteiger partial charge in [-0.2, -0.15) is 5.10 Å². The van der Waals surface area contributed by atoms with Gasteiger partial charge in [-0.05, 0) is 50.0 Å². The molecule has 1 aliphatic heterocycles. The number of piperidine rings is 1. The lowest BCUT2D eigenvalue weighted by Gasteiger charge is -2.26. The third-order valence-electron chi connectivity index (χ3n) is 4.83. The molecule has 0 saturated carbocycles. The number of amidine groups is 1. The maximum absolute atomic E-state index is 5.99. The van der Waals surface area contributed by atoms with Crippen LogP contribution in [-0.4, -0.2) is 42.5 Å². The average molecular weight is 411 g/mol. The highest BCUT2D eigenvalue weighted by atomic mass is 32.2. The summed E-state index contributed by atoms with van der Waals surface area (Å²) < 4.78 is 5.99. The summed E-state index contributed by atoms with van der Waals surface area (Å²) in [6.07, 6.45) is 6.76. The van der Waals surface area contributed by atoms with E-state index in [0.29, 0.717) is 11.8 Å². The van der Waals surface area contributed by atoms with E-state index < -0.39 is 0 Å². The maximum atomic E-state index is 5.99. The Morgan fingerprint density at radius 3 is 2.62 bits per heavy atom. The Bertz CT molecular complexity index is 788. The van der Waals surface area contributed by atoms with Crippen molar-refractivity contribution < 1.29 is 4.74 Å². The number of likely N-dealkylation sites (tertiary alicyclic amines) is 1. The summed E-state index contributed by atoms with van der Waals surface area (Å²) in [5.74, 6) is 1.61. The third-order valence-corrected chi connectivity index (χ3v) is 5.68. The topological polar surface area (TPSA) is 63.2 Å². The normalized spacial score (nSPS) is 15.7. The Morgan fingerprint density at radius 2 is 1.79 bits per heavy atom. The van der Waals surface area contributed by atoms with Crippen LogP contribution in [0.3, 0.4) is 0 Å². The Hall–Kier alpha value is -2.31. The zero-order chi connectivity index (χ0) is 20.2. The fourth-order valence-corrected chi connectivity index (χ4v) is 3.89. The first-order chi connectivity index (χ1) is 14.3. The van der Waals surface area contributed by atoms with Gasteiger partial charge in [0.15, 0.2) is 5.17 Å². The standard InChI is InChI=1S/C23H30N4OS/c24-23(29-19-20-10-3-1-4-11-20)26-25-18-21-12-5-6-13-22(21)28-17-9-16-27-14-7-2-8-15-27/h1,3-6,10-13,18H,2,7-9,14-17,19H2,(H2,24,26). The van der Waals surface area contributed by atoms with Gasteiger partial charge in [0, 0.05) is 17.9 Å². The number of para-hydroxylation sites is 1. The smallest absolute Gasteiger partial charge is 0.180 e. The quantitative estimate of drug-likeness (QED) is 0.286. The van der Waals surface area contributed by atoms with E-state index in [9.17, 15) is 0 Å². The van der Waals surface area contributed by atoms with Crippen molar-refractivity contribution in [3.05, 3.63) is 65.7 Å². The molecule has 1 aliphatic rings. The summed E-state index contributed by atoms with van der Waals surface area (Å²) in [6.45, 7) is 4.27. The molecular formula is C23H30N4OS. The van der Waals surface area contributed by atoms with E-state index in [4.69, 9.17) is 10.5 Å². The Balaban J connectivity index is 1.44. The second kappa shape index (κ2) is 12.3. The molecule has 0 atom stereocenters. The summed E-state index contributed by atoms with van der Waals surface area (Å²) in [5.41, 5.74) is 8.08. The van der Waals surface area contributed by atoms with Gasteiger partial charge in [-0.15, -0.1) is 5.10 Å². The molecule has 29 heavy (non-hydrogen) atoms. The third kappa shape index (κ3) is 7.91. The van der Waals surface area contributed by atoms with Crippen molar-refractivity contribution in [2.75, 3.05) is 26.2 Å². The van der Waals surface area contributed by atoms with Gasteiger partial charge in [0.2, 0.25) is 0 Å². The van der Waals surface area contributed by atoms with Gasteiger partial charge >= 0.3 is 0 Å². The average Bonchev–Trinajstić information content (AvgIpc) is 2.78. The predicted molar refractivity (Wildman–Crippen MR) is 124 cm³/mol. The van der Waals surface area contributed by atoms with Gasteiger partial charge in [-0.3, -0.25) is 0 Å². The first kappa shape index (κ1) is 21.4. The fraction of sp³-hybridized carbons (Fsp3) is 0.391. The molecule has 0 aliphatic carbocycles. The number of benzene rings is 2. The largest absolute Gasteiger partial charge is 0.493 e. The lowest BCUT2D eigenvalue weighted by atomic mass is 10.1. The van der Waals surface area contributed by atoms with Crippen LogP contribution >= 0.6 is 11.8 Å². The van der Waals surface area contributed by atoms with Crippen LogP contribution in [0.4, 0.5) is 0 Å². The molecule has 2 N–H and O–H groups in total. The van der Waals surface area contributed by atoms with Crippen LogP contribution in [0.1, 0.15) is 36.8 Å². The second-order valence-electron chi connectivity index (χ2n) is 7.10. The summed E-state index contributed by atoms with van der Waals surface area (Å²) in [6, 6.07) is 18.1. The molecule has 1 heterocycles. The van der Waals surface area contributed by atoms with Crippen LogP contribution in [0.25, 0.3) is 0 Å². The molecule has 3 rings (SSSR count). The molecule has 2 aromatic carbocycles. The van der Waals surface area contributed by atoms with Gasteiger partial charge < -0.3 is 15.4 Å². The van der Waals surface area contributed by atoms with Crippen molar-refractivity contribution in [1.29, 1.82) is 0 Å². The molecule has 0 bridgehead atoms. The van der Waals surface area contributed by atoms with E-state index in [0.717, 1.165) is 30.0 Å². The maximum Gasteiger partial charge on any atom is 0.180 e. The Labute approximate surface area is 178 Å². The molecule has 0 unspecified atom stereocenters. The first-order valence-electron chi connectivity index (χ1n) is 10.3. The van der Waals surface area contributed by atoms with E-state index in [-0.39, 0.29) is 0 Å². The lowest BCUT2D eigenvalue weighted by molar-refractivity contribution is 0.205. The van der Waals surface area contributed by atoms with Gasteiger partial charge in [-0.25, -0.2) is 0 Å². The van der Waals surface area contributed by atoms with Crippen LogP contribution < -0.4 is 10.5 Å². The first-order valence-corrected chi connectivity index (χ1v) is 11.3. The zero-order valence-corrected chi connectivity index (χ0v) is 17.7. The van der Waals surface area contributed by atoms with Gasteiger partial charge in [0.25, 0.3) is 0 Å². The molecule has 5 nitrogen and oxygen atoms in total. The van der Waals surface area contributed by atoms with E-state index in [1.165, 1.54) is 49.7 Å². The van der Waals surface area contributed by atoms with E-state index in [1.807, 2.05) is 42.5 Å². The highest BCUT2D eigenvalue weighted by molar-refractivity contribution is 8.13. The van der Waals surface area contributed by atoms with E-state index in [1.54, 1.807) is 6.21 Å². The van der Waals surface area contributed by atoms with E-state index >= 15 is 0 Å². The summed E-state index contributed by atoms with van der Waals surface area (Å²) in [4.78, 5) is 2.53. The molecule has 154 valence electrons. The minimum atomic E-state index is 0.449. The highest BCUT2D eigenvalue weighted by Gasteiger charge is 2.09. The number of nitrogens with two attached hydrogens (primary N) is 1. The van der Waals surface area contributed by atoms with Gasteiger partial charge in [0.1, 0.15) is 5.75 Å². The van der Waals surface area contributed by atoms with Gasteiger partial charge in [-0.1, -0.05) is 60.6 Å². The minimum absolute atomic E-state index is 0.449. The zero-order valence-electron chi connectivity index (χ0n) is 16.9. The fourth-order valence-electron chi connectivity index (χ4n) is 3.28. The van der Waals surface area contributed by atoms with Crippen molar-refractivity contribution in [2.24, 2.45) is 15.9 Å². The highest BCUT2D eigenvalue weighted by Crippen LogP contribution is 2.17. The van der Waals surface area contributed by atoms with Crippen molar-refractivity contribution in [3.63, 3.8) is 0 Å².